The fraction of sp³-hybridized carbons (Fsp3) is 0.143. The number of alkyl halides is 3. The van der Waals surface area contributed by atoms with Crippen molar-refractivity contribution < 1.29 is 22.5 Å². The third kappa shape index (κ3) is 5.20. The molecule has 1 amide bonds. The zero-order chi connectivity index (χ0) is 23.6. The highest BCUT2D eigenvalue weighted by atomic mass is 35.5. The molecule has 0 aliphatic rings. The largest absolute Gasteiger partial charge is 0.416 e. The lowest BCUT2D eigenvalue weighted by Gasteiger charge is -2.13. The summed E-state index contributed by atoms with van der Waals surface area (Å²) in [4.78, 5) is 12.3. The highest BCUT2D eigenvalue weighted by Crippen LogP contribution is 2.35. The zero-order valence-corrected chi connectivity index (χ0v) is 18.5. The van der Waals surface area contributed by atoms with Gasteiger partial charge in [-0.05, 0) is 37.3 Å². The van der Waals surface area contributed by atoms with Crippen molar-refractivity contribution in [3.05, 3.63) is 70.9 Å². The van der Waals surface area contributed by atoms with Gasteiger partial charge in [0.15, 0.2) is 16.8 Å². The smallest absolute Gasteiger partial charge is 0.360 e. The van der Waals surface area contributed by atoms with Crippen LogP contribution in [-0.2, 0) is 11.0 Å². The summed E-state index contributed by atoms with van der Waals surface area (Å²) in [5, 5.41) is 15.1. The maximum atomic E-state index is 13.3. The Morgan fingerprint density at radius 2 is 1.94 bits per heavy atom. The van der Waals surface area contributed by atoms with Crippen LogP contribution in [0.4, 0.5) is 19.0 Å². The summed E-state index contributed by atoms with van der Waals surface area (Å²) in [6, 6.07) is 13.1. The van der Waals surface area contributed by atoms with E-state index in [-0.39, 0.29) is 28.2 Å². The van der Waals surface area contributed by atoms with E-state index in [1.165, 1.54) is 16.7 Å². The molecular formula is C21H15ClF3N5O2S. The van der Waals surface area contributed by atoms with Crippen LogP contribution in [0.15, 0.2) is 64.3 Å². The molecule has 0 fully saturated rings. The SMILES string of the molecule is Cc1cc(NC(=O)CSc2nnc(-c3ccccc3Cl)n2-c2cccc(C(F)(F)F)c2)no1. The predicted molar refractivity (Wildman–Crippen MR) is 117 cm³/mol. The van der Waals surface area contributed by atoms with Crippen LogP contribution in [-0.4, -0.2) is 31.6 Å². The fourth-order valence-electron chi connectivity index (χ4n) is 2.97. The first-order valence-electron chi connectivity index (χ1n) is 9.46. The van der Waals surface area contributed by atoms with E-state index >= 15 is 0 Å². The van der Waals surface area contributed by atoms with E-state index in [4.69, 9.17) is 16.1 Å². The minimum absolute atomic E-state index is 0.0917. The standard InChI is InChI=1S/C21H15ClF3N5O2S/c1-12-9-17(29-32-12)26-18(31)11-33-20-28-27-19(15-7-2-3-8-16(15)22)30(20)14-6-4-5-13(10-14)21(23,24)25/h2-10H,11H2,1H3,(H,26,29,31). The number of anilines is 1. The Morgan fingerprint density at radius 3 is 2.64 bits per heavy atom. The summed E-state index contributed by atoms with van der Waals surface area (Å²) in [5.41, 5.74) is -0.160. The van der Waals surface area contributed by atoms with E-state index in [0.717, 1.165) is 23.9 Å². The molecule has 7 nitrogen and oxygen atoms in total. The quantitative estimate of drug-likeness (QED) is 0.350. The molecule has 33 heavy (non-hydrogen) atoms. The van der Waals surface area contributed by atoms with Crippen LogP contribution in [0, 0.1) is 6.92 Å². The third-order valence-electron chi connectivity index (χ3n) is 4.41. The van der Waals surface area contributed by atoms with Crippen LogP contribution in [0.2, 0.25) is 5.02 Å². The summed E-state index contributed by atoms with van der Waals surface area (Å²) in [7, 11) is 0. The maximum Gasteiger partial charge on any atom is 0.416 e. The number of aromatic nitrogens is 4. The van der Waals surface area contributed by atoms with Crippen molar-refractivity contribution in [1.82, 2.24) is 19.9 Å². The van der Waals surface area contributed by atoms with Crippen LogP contribution in [0.3, 0.4) is 0 Å². The molecule has 12 heteroatoms. The number of aryl methyl sites for hydroxylation is 1. The molecule has 0 bridgehead atoms. The van der Waals surface area contributed by atoms with E-state index < -0.39 is 17.6 Å². The Hall–Kier alpha value is -3.31. The van der Waals surface area contributed by atoms with Crippen molar-refractivity contribution in [2.75, 3.05) is 11.1 Å². The molecule has 0 saturated heterocycles. The lowest BCUT2D eigenvalue weighted by Crippen LogP contribution is -2.15. The van der Waals surface area contributed by atoms with E-state index in [9.17, 15) is 18.0 Å². The summed E-state index contributed by atoms with van der Waals surface area (Å²) in [6.45, 7) is 1.69. The second-order valence-corrected chi connectivity index (χ2v) is 8.18. The molecule has 1 N–H and O–H groups in total. The van der Waals surface area contributed by atoms with Crippen LogP contribution in [0.1, 0.15) is 11.3 Å². The van der Waals surface area contributed by atoms with Gasteiger partial charge in [-0.15, -0.1) is 10.2 Å². The van der Waals surface area contributed by atoms with Crippen LogP contribution >= 0.6 is 23.4 Å². The molecule has 0 atom stereocenters. The van der Waals surface area contributed by atoms with Gasteiger partial charge in [0.2, 0.25) is 5.91 Å². The summed E-state index contributed by atoms with van der Waals surface area (Å²) in [5.74, 6) is 0.549. The zero-order valence-electron chi connectivity index (χ0n) is 16.9. The number of nitrogens with zero attached hydrogens (tertiary/aromatic N) is 4. The van der Waals surface area contributed by atoms with Crippen molar-refractivity contribution >= 4 is 35.1 Å². The number of thioether (sulfide) groups is 1. The predicted octanol–water partition coefficient (Wildman–Crippen LogP) is 5.63. The number of rotatable bonds is 6. The molecule has 0 radical (unpaired) electrons. The van der Waals surface area contributed by atoms with E-state index in [2.05, 4.69) is 20.7 Å². The molecule has 170 valence electrons. The normalized spacial score (nSPS) is 11.5. The van der Waals surface area contributed by atoms with Crippen molar-refractivity contribution in [3.63, 3.8) is 0 Å². The Balaban J connectivity index is 1.69. The first-order valence-corrected chi connectivity index (χ1v) is 10.8. The third-order valence-corrected chi connectivity index (χ3v) is 5.67. The molecule has 4 aromatic rings. The Morgan fingerprint density at radius 1 is 1.15 bits per heavy atom. The minimum atomic E-state index is -4.53. The molecule has 2 heterocycles. The van der Waals surface area contributed by atoms with Gasteiger partial charge in [-0.1, -0.05) is 46.7 Å². The van der Waals surface area contributed by atoms with Gasteiger partial charge in [0, 0.05) is 11.6 Å². The topological polar surface area (TPSA) is 85.8 Å². The van der Waals surface area contributed by atoms with Crippen LogP contribution < -0.4 is 5.32 Å². The minimum Gasteiger partial charge on any atom is -0.360 e. The van der Waals surface area contributed by atoms with E-state index in [1.54, 1.807) is 37.3 Å². The second kappa shape index (κ2) is 9.28. The number of halogens is 4. The first-order chi connectivity index (χ1) is 15.7. The number of amides is 1. The van der Waals surface area contributed by atoms with Gasteiger partial charge >= 0.3 is 6.18 Å². The first kappa shape index (κ1) is 22.9. The summed E-state index contributed by atoms with van der Waals surface area (Å²) >= 11 is 7.31. The number of carbonyl (C=O) groups is 1. The number of benzene rings is 2. The molecule has 2 aromatic heterocycles. The van der Waals surface area contributed by atoms with Gasteiger partial charge < -0.3 is 9.84 Å². The van der Waals surface area contributed by atoms with Gasteiger partial charge in [-0.25, -0.2) is 0 Å². The number of carbonyl (C=O) groups excluding carboxylic acids is 1. The molecule has 0 spiro atoms. The van der Waals surface area contributed by atoms with Crippen molar-refractivity contribution in [2.45, 2.75) is 18.3 Å². The van der Waals surface area contributed by atoms with Gasteiger partial charge in [0.1, 0.15) is 5.76 Å². The summed E-state index contributed by atoms with van der Waals surface area (Å²) in [6.07, 6.45) is -4.53. The number of nitrogens with one attached hydrogen (secondary N) is 1. The van der Waals surface area contributed by atoms with Crippen molar-refractivity contribution in [1.29, 1.82) is 0 Å². The molecule has 0 saturated carbocycles. The Bertz CT molecular complexity index is 1310. The van der Waals surface area contributed by atoms with Gasteiger partial charge in [-0.2, -0.15) is 13.2 Å². The Kier molecular flexibility index (Phi) is 6.43. The number of hydrogen-bond donors (Lipinski definition) is 1. The van der Waals surface area contributed by atoms with E-state index in [1.807, 2.05) is 0 Å². The van der Waals surface area contributed by atoms with Crippen molar-refractivity contribution in [3.8, 4) is 17.1 Å². The molecular weight excluding hydrogens is 479 g/mol. The fourth-order valence-corrected chi connectivity index (χ4v) is 3.94. The van der Waals surface area contributed by atoms with Gasteiger partial charge in [0.05, 0.1) is 22.0 Å². The lowest BCUT2D eigenvalue weighted by molar-refractivity contribution is -0.137. The lowest BCUT2D eigenvalue weighted by atomic mass is 10.1. The molecule has 0 unspecified atom stereocenters. The highest BCUT2D eigenvalue weighted by molar-refractivity contribution is 7.99. The molecule has 2 aromatic carbocycles. The van der Waals surface area contributed by atoms with Crippen LogP contribution in [0.25, 0.3) is 17.1 Å². The molecule has 0 aliphatic heterocycles. The average Bonchev–Trinajstić information content (AvgIpc) is 3.38. The second-order valence-electron chi connectivity index (χ2n) is 6.83. The van der Waals surface area contributed by atoms with Gasteiger partial charge in [0.25, 0.3) is 0 Å². The molecule has 4 rings (SSSR count). The maximum absolute atomic E-state index is 13.3. The summed E-state index contributed by atoms with van der Waals surface area (Å²) < 4.78 is 46.3. The monoisotopic (exact) mass is 493 g/mol. The van der Waals surface area contributed by atoms with Crippen LogP contribution in [0.5, 0.6) is 0 Å². The highest BCUT2D eigenvalue weighted by Gasteiger charge is 2.31. The van der Waals surface area contributed by atoms with E-state index in [0.29, 0.717) is 16.3 Å². The Labute approximate surface area is 194 Å². The average molecular weight is 494 g/mol. The molecule has 0 aliphatic carbocycles. The van der Waals surface area contributed by atoms with Crippen molar-refractivity contribution in [2.24, 2.45) is 0 Å². The van der Waals surface area contributed by atoms with Gasteiger partial charge in [-0.3, -0.25) is 9.36 Å². The number of hydrogen-bond acceptors (Lipinski definition) is 6.